The summed E-state index contributed by atoms with van der Waals surface area (Å²) in [5, 5.41) is 7.44. The molecular weight excluding hydrogens is 366 g/mol. The van der Waals surface area contributed by atoms with Crippen molar-refractivity contribution in [2.24, 2.45) is 0 Å². The Hall–Kier alpha value is -2.89. The molecule has 2 aliphatic rings. The lowest BCUT2D eigenvalue weighted by atomic mass is 9.97. The Kier molecular flexibility index (Phi) is 6.08. The number of hydrogen-bond acceptors (Lipinski definition) is 4. The van der Waals surface area contributed by atoms with Crippen molar-refractivity contribution in [2.45, 2.75) is 50.9 Å². The minimum atomic E-state index is -0.529. The van der Waals surface area contributed by atoms with E-state index in [1.165, 1.54) is 18.4 Å². The maximum Gasteiger partial charge on any atom is 0.357 e. The summed E-state index contributed by atoms with van der Waals surface area (Å²) in [7, 11) is 0. The molecule has 6 heteroatoms. The van der Waals surface area contributed by atoms with Crippen molar-refractivity contribution in [1.82, 2.24) is 15.1 Å². The van der Waals surface area contributed by atoms with Gasteiger partial charge in [0.2, 0.25) is 0 Å². The van der Waals surface area contributed by atoms with Crippen molar-refractivity contribution in [1.29, 1.82) is 0 Å². The minimum absolute atomic E-state index is 0.275. The predicted octanol–water partition coefficient (Wildman–Crippen LogP) is 3.91. The molecule has 0 bridgehead atoms. The van der Waals surface area contributed by atoms with Gasteiger partial charge in [0, 0.05) is 12.5 Å². The van der Waals surface area contributed by atoms with Crippen LogP contribution in [0.4, 0.5) is 0 Å². The van der Waals surface area contributed by atoms with Crippen LogP contribution >= 0.6 is 0 Å². The molecule has 1 saturated carbocycles. The molecule has 1 aromatic carbocycles. The second-order valence-corrected chi connectivity index (χ2v) is 7.76. The number of esters is 1. The number of aromatic nitrogens is 2. The number of para-hydroxylation sites is 1. The number of amides is 1. The Morgan fingerprint density at radius 3 is 2.72 bits per heavy atom. The zero-order valence-corrected chi connectivity index (χ0v) is 16.6. The Labute approximate surface area is 170 Å². The standard InChI is InChI=1S/C23H27N3O3/c27-22(24-14-13-17-7-3-1-4-8-17)16-29-23(28)21-15-20(18-11-12-18)25-26(21)19-9-5-2-6-10-19/h2,5-7,9-10,15,18H,1,3-4,8,11-14,16H2,(H,24,27). The lowest BCUT2D eigenvalue weighted by molar-refractivity contribution is -0.124. The highest BCUT2D eigenvalue weighted by molar-refractivity contribution is 5.90. The molecule has 0 atom stereocenters. The maximum absolute atomic E-state index is 12.6. The van der Waals surface area contributed by atoms with Gasteiger partial charge in [-0.15, -0.1) is 0 Å². The van der Waals surface area contributed by atoms with Gasteiger partial charge in [-0.05, 0) is 63.1 Å². The zero-order chi connectivity index (χ0) is 20.1. The number of hydrogen-bond donors (Lipinski definition) is 1. The third-order valence-electron chi connectivity index (χ3n) is 5.42. The van der Waals surface area contributed by atoms with Gasteiger partial charge in [0.15, 0.2) is 12.3 Å². The summed E-state index contributed by atoms with van der Waals surface area (Å²) >= 11 is 0. The van der Waals surface area contributed by atoms with Gasteiger partial charge in [0.25, 0.3) is 5.91 Å². The summed E-state index contributed by atoms with van der Waals surface area (Å²) in [4.78, 5) is 24.7. The third kappa shape index (κ3) is 5.13. The fourth-order valence-corrected chi connectivity index (χ4v) is 3.64. The van der Waals surface area contributed by atoms with Crippen molar-refractivity contribution >= 4 is 11.9 Å². The number of rotatable bonds is 8. The number of carbonyl (C=O) groups is 2. The SMILES string of the molecule is O=C(COC(=O)c1cc(C2CC2)nn1-c1ccccc1)NCCC1=CCCCC1. The van der Waals surface area contributed by atoms with E-state index in [2.05, 4.69) is 16.5 Å². The normalized spacial score (nSPS) is 16.2. The van der Waals surface area contributed by atoms with E-state index >= 15 is 0 Å². The predicted molar refractivity (Wildman–Crippen MR) is 110 cm³/mol. The molecule has 0 aliphatic heterocycles. The van der Waals surface area contributed by atoms with Gasteiger partial charge in [0.05, 0.1) is 11.4 Å². The highest BCUT2D eigenvalue weighted by Crippen LogP contribution is 2.39. The Bertz CT molecular complexity index is 897. The highest BCUT2D eigenvalue weighted by atomic mass is 16.5. The lowest BCUT2D eigenvalue weighted by Gasteiger charge is -2.13. The van der Waals surface area contributed by atoms with Crippen molar-refractivity contribution in [3.8, 4) is 5.69 Å². The summed E-state index contributed by atoms with van der Waals surface area (Å²) < 4.78 is 6.90. The number of nitrogens with zero attached hydrogens (tertiary/aromatic N) is 2. The van der Waals surface area contributed by atoms with E-state index < -0.39 is 5.97 Å². The Balaban J connectivity index is 1.33. The lowest BCUT2D eigenvalue weighted by Crippen LogP contribution is -2.30. The second-order valence-electron chi connectivity index (χ2n) is 7.76. The largest absolute Gasteiger partial charge is 0.451 e. The van der Waals surface area contributed by atoms with Crippen molar-refractivity contribution in [3.63, 3.8) is 0 Å². The van der Waals surface area contributed by atoms with Gasteiger partial charge < -0.3 is 10.1 Å². The molecular formula is C23H27N3O3. The molecule has 2 aromatic rings. The summed E-state index contributed by atoms with van der Waals surface area (Å²) in [6, 6.07) is 11.3. The van der Waals surface area contributed by atoms with Crippen LogP contribution in [0.25, 0.3) is 5.69 Å². The number of benzene rings is 1. The average molecular weight is 393 g/mol. The molecule has 0 unspecified atom stereocenters. The van der Waals surface area contributed by atoms with Gasteiger partial charge in [0.1, 0.15) is 0 Å². The maximum atomic E-state index is 12.6. The van der Waals surface area contributed by atoms with Crippen LogP contribution in [0.15, 0.2) is 48.0 Å². The van der Waals surface area contributed by atoms with Crippen LogP contribution in [0.5, 0.6) is 0 Å². The van der Waals surface area contributed by atoms with Crippen LogP contribution in [-0.2, 0) is 9.53 Å². The Morgan fingerprint density at radius 2 is 2.00 bits per heavy atom. The van der Waals surface area contributed by atoms with Gasteiger partial charge in [-0.25, -0.2) is 9.48 Å². The van der Waals surface area contributed by atoms with E-state index in [9.17, 15) is 9.59 Å². The molecule has 1 N–H and O–H groups in total. The summed E-state index contributed by atoms with van der Waals surface area (Å²) in [5.41, 5.74) is 3.48. The molecule has 2 aliphatic carbocycles. The topological polar surface area (TPSA) is 73.2 Å². The molecule has 1 aromatic heterocycles. The molecule has 1 heterocycles. The third-order valence-corrected chi connectivity index (χ3v) is 5.42. The Morgan fingerprint density at radius 1 is 1.17 bits per heavy atom. The van der Waals surface area contributed by atoms with Crippen molar-refractivity contribution in [2.75, 3.05) is 13.2 Å². The second kappa shape index (κ2) is 9.07. The molecule has 1 fully saturated rings. The average Bonchev–Trinajstić information content (AvgIpc) is 3.51. The quantitative estimate of drug-likeness (QED) is 0.545. The van der Waals surface area contributed by atoms with Crippen LogP contribution in [0.1, 0.15) is 67.0 Å². The van der Waals surface area contributed by atoms with Gasteiger partial charge >= 0.3 is 5.97 Å². The molecule has 0 spiro atoms. The molecule has 0 radical (unpaired) electrons. The first-order valence-corrected chi connectivity index (χ1v) is 10.5. The van der Waals surface area contributed by atoms with Crippen molar-refractivity contribution in [3.05, 3.63) is 59.4 Å². The van der Waals surface area contributed by atoms with Crippen molar-refractivity contribution < 1.29 is 14.3 Å². The van der Waals surface area contributed by atoms with Crippen LogP contribution in [0.3, 0.4) is 0 Å². The first-order chi connectivity index (χ1) is 14.2. The summed E-state index contributed by atoms with van der Waals surface area (Å²) in [6.07, 6.45) is 10.1. The smallest absolute Gasteiger partial charge is 0.357 e. The molecule has 4 rings (SSSR count). The molecule has 0 saturated heterocycles. The first kappa shape index (κ1) is 19.4. The fraction of sp³-hybridized carbons (Fsp3) is 0.435. The van der Waals surface area contributed by atoms with Gasteiger partial charge in [-0.1, -0.05) is 29.8 Å². The number of allylic oxidation sites excluding steroid dienone is 1. The van der Waals surface area contributed by atoms with E-state index in [1.807, 2.05) is 30.3 Å². The van der Waals surface area contributed by atoms with Crippen LogP contribution in [0.2, 0.25) is 0 Å². The number of nitrogens with one attached hydrogen (secondary N) is 1. The molecule has 29 heavy (non-hydrogen) atoms. The highest BCUT2D eigenvalue weighted by Gasteiger charge is 2.29. The van der Waals surface area contributed by atoms with E-state index in [1.54, 1.807) is 10.7 Å². The minimum Gasteiger partial charge on any atom is -0.451 e. The summed E-state index contributed by atoms with van der Waals surface area (Å²) in [5.74, 6) is -0.384. The van der Waals surface area contributed by atoms with Crippen LogP contribution in [-0.4, -0.2) is 34.8 Å². The molecule has 6 nitrogen and oxygen atoms in total. The van der Waals surface area contributed by atoms with E-state index in [0.717, 1.165) is 43.5 Å². The number of carbonyl (C=O) groups excluding carboxylic acids is 2. The molecule has 1 amide bonds. The monoisotopic (exact) mass is 393 g/mol. The summed E-state index contributed by atoms with van der Waals surface area (Å²) in [6.45, 7) is 0.298. The van der Waals surface area contributed by atoms with Crippen LogP contribution in [0, 0.1) is 0 Å². The van der Waals surface area contributed by atoms with Crippen LogP contribution < -0.4 is 5.32 Å². The fourth-order valence-electron chi connectivity index (χ4n) is 3.64. The van der Waals surface area contributed by atoms with E-state index in [4.69, 9.17) is 4.74 Å². The molecule has 152 valence electrons. The number of ether oxygens (including phenoxy) is 1. The zero-order valence-electron chi connectivity index (χ0n) is 16.6. The van der Waals surface area contributed by atoms with E-state index in [-0.39, 0.29) is 12.5 Å². The van der Waals surface area contributed by atoms with Gasteiger partial charge in [-0.3, -0.25) is 4.79 Å². The first-order valence-electron chi connectivity index (χ1n) is 10.5. The van der Waals surface area contributed by atoms with E-state index in [0.29, 0.717) is 18.2 Å². The van der Waals surface area contributed by atoms with Gasteiger partial charge in [-0.2, -0.15) is 5.10 Å².